The Labute approximate surface area is 116 Å². The molecule has 0 bridgehead atoms. The van der Waals surface area contributed by atoms with E-state index in [0.717, 1.165) is 12.8 Å². The number of hydrogen-bond acceptors (Lipinski definition) is 4. The van der Waals surface area contributed by atoms with E-state index in [0.29, 0.717) is 18.8 Å². The zero-order valence-electron chi connectivity index (χ0n) is 11.4. The summed E-state index contributed by atoms with van der Waals surface area (Å²) in [5, 5.41) is 15.7. The maximum absolute atomic E-state index is 12.1. The van der Waals surface area contributed by atoms with Crippen LogP contribution in [0, 0.1) is 5.92 Å². The zero-order valence-corrected chi connectivity index (χ0v) is 11.4. The monoisotopic (exact) mass is 281 g/mol. The molecule has 110 valence electrons. The van der Waals surface area contributed by atoms with Crippen LogP contribution in [0.25, 0.3) is 0 Å². The Bertz CT molecular complexity index is 464. The zero-order chi connectivity index (χ0) is 14.8. The molecule has 1 heterocycles. The smallest absolute Gasteiger partial charge is 0.329 e. The van der Waals surface area contributed by atoms with E-state index in [9.17, 15) is 19.5 Å². The maximum Gasteiger partial charge on any atom is 0.329 e. The number of carbonyl (C=O) groups excluding carboxylic acids is 2. The molecule has 1 aliphatic heterocycles. The fourth-order valence-corrected chi connectivity index (χ4v) is 2.57. The molecule has 20 heavy (non-hydrogen) atoms. The first-order chi connectivity index (χ1) is 9.43. The topological polar surface area (TPSA) is 108 Å². The van der Waals surface area contributed by atoms with Gasteiger partial charge in [0.25, 0.3) is 5.91 Å². The lowest BCUT2D eigenvalue weighted by molar-refractivity contribution is -0.148. The van der Waals surface area contributed by atoms with Crippen molar-refractivity contribution in [2.75, 3.05) is 0 Å². The van der Waals surface area contributed by atoms with Crippen LogP contribution in [0.4, 0.5) is 0 Å². The molecular formula is C13H19N3O4. The Morgan fingerprint density at radius 2 is 2.00 bits per heavy atom. The second-order valence-electron chi connectivity index (χ2n) is 5.62. The molecular weight excluding hydrogens is 262 g/mol. The molecule has 0 spiro atoms. The van der Waals surface area contributed by atoms with E-state index < -0.39 is 17.4 Å². The van der Waals surface area contributed by atoms with Crippen LogP contribution in [-0.4, -0.2) is 34.1 Å². The van der Waals surface area contributed by atoms with Gasteiger partial charge in [0, 0.05) is 12.8 Å². The van der Waals surface area contributed by atoms with Crippen LogP contribution in [0.5, 0.6) is 0 Å². The van der Waals surface area contributed by atoms with E-state index in [1.54, 1.807) is 0 Å². The molecule has 2 rings (SSSR count). The lowest BCUT2D eigenvalue weighted by atomic mass is 9.77. The first kappa shape index (κ1) is 14.5. The molecule has 0 unspecified atom stereocenters. The van der Waals surface area contributed by atoms with Gasteiger partial charge in [-0.15, -0.1) is 0 Å². The molecule has 1 aliphatic carbocycles. The minimum atomic E-state index is -1.20. The summed E-state index contributed by atoms with van der Waals surface area (Å²) < 4.78 is 0. The number of nitrogens with one attached hydrogen (secondary N) is 2. The Kier molecular flexibility index (Phi) is 4.06. The Morgan fingerprint density at radius 3 is 2.50 bits per heavy atom. The summed E-state index contributed by atoms with van der Waals surface area (Å²) in [4.78, 5) is 34.6. The van der Waals surface area contributed by atoms with Crippen molar-refractivity contribution in [2.24, 2.45) is 11.0 Å². The third kappa shape index (κ3) is 2.97. The first-order valence-corrected chi connectivity index (χ1v) is 6.84. The van der Waals surface area contributed by atoms with E-state index in [2.05, 4.69) is 22.8 Å². The fourth-order valence-electron chi connectivity index (χ4n) is 2.57. The quantitative estimate of drug-likeness (QED) is 0.696. The fraction of sp³-hybridized carbons (Fsp3) is 0.692. The molecule has 7 nitrogen and oxygen atoms in total. The van der Waals surface area contributed by atoms with Gasteiger partial charge >= 0.3 is 5.97 Å². The highest BCUT2D eigenvalue weighted by atomic mass is 16.4. The van der Waals surface area contributed by atoms with Crippen LogP contribution in [-0.2, 0) is 14.4 Å². The highest BCUT2D eigenvalue weighted by Gasteiger charge is 2.43. The summed E-state index contributed by atoms with van der Waals surface area (Å²) in [6, 6.07) is 0. The number of carbonyl (C=O) groups is 3. The molecule has 7 heteroatoms. The maximum atomic E-state index is 12.1. The molecule has 0 atom stereocenters. The molecule has 2 amide bonds. The van der Waals surface area contributed by atoms with Gasteiger partial charge in [-0.25, -0.2) is 10.2 Å². The van der Waals surface area contributed by atoms with Gasteiger partial charge < -0.3 is 10.4 Å². The number of aliphatic carboxylic acids is 1. The Balaban J connectivity index is 2.07. The minimum absolute atomic E-state index is 0.184. The summed E-state index contributed by atoms with van der Waals surface area (Å²) in [7, 11) is 0. The predicted molar refractivity (Wildman–Crippen MR) is 71.0 cm³/mol. The van der Waals surface area contributed by atoms with Gasteiger partial charge in [-0.1, -0.05) is 6.92 Å². The van der Waals surface area contributed by atoms with Crippen molar-refractivity contribution in [3.8, 4) is 0 Å². The average Bonchev–Trinajstić information content (AvgIpc) is 2.42. The molecule has 2 aliphatic rings. The van der Waals surface area contributed by atoms with E-state index in [1.165, 1.54) is 0 Å². The second kappa shape index (κ2) is 5.60. The summed E-state index contributed by atoms with van der Waals surface area (Å²) in [6.45, 7) is 2.08. The molecule has 0 saturated heterocycles. The van der Waals surface area contributed by atoms with Gasteiger partial charge in [0.1, 0.15) is 11.3 Å². The normalized spacial score (nSPS) is 30.1. The molecule has 0 aromatic heterocycles. The molecule has 0 aromatic rings. The van der Waals surface area contributed by atoms with Gasteiger partial charge in [0.05, 0.1) is 0 Å². The van der Waals surface area contributed by atoms with E-state index in [4.69, 9.17) is 0 Å². The van der Waals surface area contributed by atoms with E-state index >= 15 is 0 Å². The van der Waals surface area contributed by atoms with Crippen molar-refractivity contribution in [1.82, 2.24) is 10.7 Å². The summed E-state index contributed by atoms with van der Waals surface area (Å²) in [5.74, 6) is -1.26. The van der Waals surface area contributed by atoms with Gasteiger partial charge in [0.2, 0.25) is 5.91 Å². The van der Waals surface area contributed by atoms with Gasteiger partial charge in [-0.2, -0.15) is 5.10 Å². The molecule has 1 saturated carbocycles. The Hall–Kier alpha value is -1.92. The first-order valence-electron chi connectivity index (χ1n) is 6.84. The van der Waals surface area contributed by atoms with Crippen LogP contribution in [0.2, 0.25) is 0 Å². The lowest BCUT2D eigenvalue weighted by Gasteiger charge is -2.36. The standard InChI is InChI=1S/C13H19N3O4/c1-8-4-6-13(7-5-8,12(19)20)14-11(18)9-2-3-10(17)16-15-9/h8H,2-7H2,1H3,(H,14,18)(H,16,17)(H,19,20). The largest absolute Gasteiger partial charge is 0.480 e. The van der Waals surface area contributed by atoms with Gasteiger partial charge in [-0.05, 0) is 31.6 Å². The van der Waals surface area contributed by atoms with Crippen molar-refractivity contribution in [3.05, 3.63) is 0 Å². The van der Waals surface area contributed by atoms with E-state index in [1.807, 2.05) is 0 Å². The van der Waals surface area contributed by atoms with Gasteiger partial charge in [-0.3, -0.25) is 9.59 Å². The number of nitrogens with zero attached hydrogens (tertiary/aromatic N) is 1. The number of rotatable bonds is 3. The number of carboxylic acid groups (broad SMARTS) is 1. The van der Waals surface area contributed by atoms with Crippen molar-refractivity contribution in [2.45, 2.75) is 51.0 Å². The van der Waals surface area contributed by atoms with Crippen molar-refractivity contribution >= 4 is 23.5 Å². The average molecular weight is 281 g/mol. The predicted octanol–water partition coefficient (Wildman–Crippen LogP) is 0.402. The molecule has 0 aromatic carbocycles. The highest BCUT2D eigenvalue weighted by molar-refractivity contribution is 6.40. The van der Waals surface area contributed by atoms with Crippen molar-refractivity contribution in [1.29, 1.82) is 0 Å². The van der Waals surface area contributed by atoms with Crippen LogP contribution < -0.4 is 10.7 Å². The molecule has 1 fully saturated rings. The SMILES string of the molecule is CC1CCC(NC(=O)C2=NNC(=O)CC2)(C(=O)O)CC1. The number of hydrazone groups is 1. The van der Waals surface area contributed by atoms with E-state index in [-0.39, 0.29) is 24.5 Å². The highest BCUT2D eigenvalue weighted by Crippen LogP contribution is 2.32. The number of amides is 2. The number of carboxylic acids is 1. The van der Waals surface area contributed by atoms with Crippen LogP contribution in [0.1, 0.15) is 45.4 Å². The summed E-state index contributed by atoms with van der Waals surface area (Å²) in [6.07, 6.45) is 2.84. The molecule has 3 N–H and O–H groups in total. The minimum Gasteiger partial charge on any atom is -0.480 e. The Morgan fingerprint density at radius 1 is 1.35 bits per heavy atom. The van der Waals surface area contributed by atoms with Crippen molar-refractivity contribution in [3.63, 3.8) is 0 Å². The number of hydrogen-bond donors (Lipinski definition) is 3. The van der Waals surface area contributed by atoms with Crippen molar-refractivity contribution < 1.29 is 19.5 Å². The molecule has 0 radical (unpaired) electrons. The third-order valence-corrected chi connectivity index (χ3v) is 4.06. The lowest BCUT2D eigenvalue weighted by Crippen LogP contribution is -2.58. The second-order valence-corrected chi connectivity index (χ2v) is 5.62. The van der Waals surface area contributed by atoms with Crippen LogP contribution >= 0.6 is 0 Å². The van der Waals surface area contributed by atoms with Gasteiger partial charge in [0.15, 0.2) is 0 Å². The van der Waals surface area contributed by atoms with Crippen LogP contribution in [0.3, 0.4) is 0 Å². The third-order valence-electron chi connectivity index (χ3n) is 4.06. The van der Waals surface area contributed by atoms with Crippen LogP contribution in [0.15, 0.2) is 5.10 Å². The summed E-state index contributed by atoms with van der Waals surface area (Å²) in [5.41, 5.74) is 1.22. The summed E-state index contributed by atoms with van der Waals surface area (Å²) >= 11 is 0.